The molecule has 2 aromatic rings. The van der Waals surface area contributed by atoms with Crippen molar-refractivity contribution in [2.45, 2.75) is 51.9 Å². The van der Waals surface area contributed by atoms with Gasteiger partial charge in [-0.25, -0.2) is 0 Å². The van der Waals surface area contributed by atoms with Crippen LogP contribution in [0.1, 0.15) is 43.9 Å². The fourth-order valence-corrected chi connectivity index (χ4v) is 3.41. The van der Waals surface area contributed by atoms with E-state index >= 15 is 0 Å². The van der Waals surface area contributed by atoms with Crippen molar-refractivity contribution in [3.05, 3.63) is 71.6 Å². The van der Waals surface area contributed by atoms with Crippen molar-refractivity contribution in [1.29, 1.82) is 0 Å². The van der Waals surface area contributed by atoms with Crippen LogP contribution in [-0.4, -0.2) is 26.4 Å². The smallest absolute Gasteiger partial charge is 0.309 e. The average molecular weight is 398 g/mol. The van der Waals surface area contributed by atoms with Crippen LogP contribution in [0.5, 0.6) is 0 Å². The molecule has 2 rings (SSSR count). The maximum absolute atomic E-state index is 11.6. The Kier molecular flexibility index (Phi) is 7.33. The standard InChI is InChI=1S/C23H31NO3Si/c1-23(2,3)28(5,6)27-17-18-9-11-19(12-10-18)21(13-14-22(25)26-4)20-8-7-15-24-16-20/h7-13,15-16H,14,17H2,1-6H3. The largest absolute Gasteiger partial charge is 0.469 e. The zero-order chi connectivity index (χ0) is 20.8. The molecule has 0 aliphatic carbocycles. The van der Waals surface area contributed by atoms with Crippen LogP contribution < -0.4 is 0 Å². The predicted molar refractivity (Wildman–Crippen MR) is 116 cm³/mol. The van der Waals surface area contributed by atoms with Crippen LogP contribution in [-0.2, 0) is 20.6 Å². The van der Waals surface area contributed by atoms with Gasteiger partial charge in [0.15, 0.2) is 8.32 Å². The number of pyridine rings is 1. The second kappa shape index (κ2) is 9.30. The van der Waals surface area contributed by atoms with Crippen LogP contribution in [0.15, 0.2) is 54.9 Å². The van der Waals surface area contributed by atoms with Gasteiger partial charge in [0, 0.05) is 18.0 Å². The van der Waals surface area contributed by atoms with Gasteiger partial charge in [0.05, 0.1) is 20.1 Å². The number of esters is 1. The zero-order valence-corrected chi connectivity index (χ0v) is 18.8. The average Bonchev–Trinajstić information content (AvgIpc) is 2.67. The van der Waals surface area contributed by atoms with E-state index in [1.165, 1.54) is 7.11 Å². The van der Waals surface area contributed by atoms with Crippen LogP contribution >= 0.6 is 0 Å². The number of carbonyl (C=O) groups excluding carboxylic acids is 1. The Labute approximate surface area is 169 Å². The topological polar surface area (TPSA) is 48.4 Å². The Morgan fingerprint density at radius 3 is 2.32 bits per heavy atom. The summed E-state index contributed by atoms with van der Waals surface area (Å²) < 4.78 is 11.1. The van der Waals surface area contributed by atoms with E-state index in [1.807, 2.05) is 18.2 Å². The van der Waals surface area contributed by atoms with E-state index in [-0.39, 0.29) is 17.4 Å². The van der Waals surface area contributed by atoms with Crippen LogP contribution in [0.2, 0.25) is 18.1 Å². The Morgan fingerprint density at radius 2 is 1.79 bits per heavy atom. The lowest BCUT2D eigenvalue weighted by Gasteiger charge is -2.36. The quantitative estimate of drug-likeness (QED) is 0.451. The minimum Gasteiger partial charge on any atom is -0.469 e. The molecule has 5 heteroatoms. The summed E-state index contributed by atoms with van der Waals surface area (Å²) in [4.78, 5) is 15.8. The van der Waals surface area contributed by atoms with Crippen LogP contribution in [0, 0.1) is 0 Å². The minimum atomic E-state index is -1.78. The van der Waals surface area contributed by atoms with Crippen molar-refractivity contribution in [2.24, 2.45) is 0 Å². The number of benzene rings is 1. The Hall–Kier alpha value is -2.24. The monoisotopic (exact) mass is 397 g/mol. The summed E-state index contributed by atoms with van der Waals surface area (Å²) in [6.07, 6.45) is 5.65. The molecule has 1 heterocycles. The number of rotatable bonds is 7. The van der Waals surface area contributed by atoms with Gasteiger partial charge in [-0.05, 0) is 40.9 Å². The van der Waals surface area contributed by atoms with Gasteiger partial charge in [-0.2, -0.15) is 0 Å². The minimum absolute atomic E-state index is 0.192. The van der Waals surface area contributed by atoms with E-state index in [4.69, 9.17) is 9.16 Å². The first-order chi connectivity index (χ1) is 13.1. The second-order valence-electron chi connectivity index (χ2n) is 8.39. The fourth-order valence-electron chi connectivity index (χ4n) is 2.45. The van der Waals surface area contributed by atoms with Crippen molar-refractivity contribution in [1.82, 2.24) is 4.98 Å². The first kappa shape index (κ1) is 22.1. The first-order valence-corrected chi connectivity index (χ1v) is 12.5. The van der Waals surface area contributed by atoms with Crippen molar-refractivity contribution in [3.63, 3.8) is 0 Å². The maximum Gasteiger partial charge on any atom is 0.309 e. The van der Waals surface area contributed by atoms with Gasteiger partial charge in [-0.15, -0.1) is 0 Å². The van der Waals surface area contributed by atoms with E-state index < -0.39 is 8.32 Å². The van der Waals surface area contributed by atoms with Gasteiger partial charge in [0.1, 0.15) is 0 Å². The molecule has 0 bridgehead atoms. The lowest BCUT2D eigenvalue weighted by atomic mass is 9.97. The van der Waals surface area contributed by atoms with E-state index in [0.29, 0.717) is 6.61 Å². The highest BCUT2D eigenvalue weighted by molar-refractivity contribution is 6.74. The summed E-state index contributed by atoms with van der Waals surface area (Å²) in [7, 11) is -0.376. The lowest BCUT2D eigenvalue weighted by Crippen LogP contribution is -2.40. The van der Waals surface area contributed by atoms with Crippen molar-refractivity contribution < 1.29 is 14.0 Å². The molecule has 0 radical (unpaired) electrons. The van der Waals surface area contributed by atoms with Gasteiger partial charge in [-0.1, -0.05) is 57.2 Å². The molecule has 0 fully saturated rings. The lowest BCUT2D eigenvalue weighted by molar-refractivity contribution is -0.139. The van der Waals surface area contributed by atoms with Gasteiger partial charge in [0.25, 0.3) is 0 Å². The first-order valence-electron chi connectivity index (χ1n) is 9.55. The van der Waals surface area contributed by atoms with E-state index in [2.05, 4.69) is 63.1 Å². The van der Waals surface area contributed by atoms with Crippen molar-refractivity contribution in [3.8, 4) is 0 Å². The molecule has 4 nitrogen and oxygen atoms in total. The molecule has 0 amide bonds. The van der Waals surface area contributed by atoms with E-state index in [0.717, 1.165) is 22.3 Å². The number of ether oxygens (including phenoxy) is 1. The fraction of sp³-hybridized carbons (Fsp3) is 0.391. The third-order valence-electron chi connectivity index (χ3n) is 5.34. The second-order valence-corrected chi connectivity index (χ2v) is 13.2. The third kappa shape index (κ3) is 5.88. The summed E-state index contributed by atoms with van der Waals surface area (Å²) in [5, 5.41) is 0.192. The number of hydrogen-bond donors (Lipinski definition) is 0. The van der Waals surface area contributed by atoms with Gasteiger partial charge < -0.3 is 9.16 Å². The summed E-state index contributed by atoms with van der Waals surface area (Å²) >= 11 is 0. The molecule has 0 N–H and O–H groups in total. The molecule has 0 aliphatic heterocycles. The molecule has 1 aromatic carbocycles. The maximum atomic E-state index is 11.6. The molecule has 0 saturated heterocycles. The van der Waals surface area contributed by atoms with E-state index in [9.17, 15) is 4.79 Å². The molecular formula is C23H31NO3Si. The highest BCUT2D eigenvalue weighted by Gasteiger charge is 2.36. The molecule has 0 unspecified atom stereocenters. The van der Waals surface area contributed by atoms with Crippen LogP contribution in [0.3, 0.4) is 0 Å². The molecule has 0 aliphatic rings. The zero-order valence-electron chi connectivity index (χ0n) is 17.8. The summed E-state index contributed by atoms with van der Waals surface area (Å²) in [6.45, 7) is 11.9. The molecule has 0 spiro atoms. The molecular weight excluding hydrogens is 366 g/mol. The number of aromatic nitrogens is 1. The number of carbonyl (C=O) groups is 1. The van der Waals surface area contributed by atoms with Crippen LogP contribution in [0.25, 0.3) is 5.57 Å². The normalized spacial score (nSPS) is 12.7. The summed E-state index contributed by atoms with van der Waals surface area (Å²) in [6, 6.07) is 12.2. The highest BCUT2D eigenvalue weighted by Crippen LogP contribution is 2.37. The number of methoxy groups -OCH3 is 1. The van der Waals surface area contributed by atoms with Crippen molar-refractivity contribution >= 4 is 19.9 Å². The Morgan fingerprint density at radius 1 is 1.11 bits per heavy atom. The predicted octanol–water partition coefficient (Wildman–Crippen LogP) is 5.60. The van der Waals surface area contributed by atoms with Crippen molar-refractivity contribution in [2.75, 3.05) is 7.11 Å². The number of nitrogens with zero attached hydrogens (tertiary/aromatic N) is 1. The van der Waals surface area contributed by atoms with Gasteiger partial charge >= 0.3 is 5.97 Å². The summed E-state index contributed by atoms with van der Waals surface area (Å²) in [5.74, 6) is -0.263. The SMILES string of the molecule is COC(=O)CC=C(c1ccc(CO[Si](C)(C)C(C)(C)C)cc1)c1cccnc1. The van der Waals surface area contributed by atoms with Gasteiger partial charge in [-0.3, -0.25) is 9.78 Å². The number of hydrogen-bond acceptors (Lipinski definition) is 4. The Balaban J connectivity index is 2.21. The molecule has 150 valence electrons. The molecule has 0 atom stereocenters. The van der Waals surface area contributed by atoms with Crippen LogP contribution in [0.4, 0.5) is 0 Å². The van der Waals surface area contributed by atoms with E-state index in [1.54, 1.807) is 12.4 Å². The molecule has 28 heavy (non-hydrogen) atoms. The molecule has 1 aromatic heterocycles. The van der Waals surface area contributed by atoms with Gasteiger partial charge in [0.2, 0.25) is 0 Å². The highest BCUT2D eigenvalue weighted by atomic mass is 28.4. The Bertz CT molecular complexity index is 806. The third-order valence-corrected chi connectivity index (χ3v) is 9.82. The summed E-state index contributed by atoms with van der Waals surface area (Å²) in [5.41, 5.74) is 4.12. The molecule has 0 saturated carbocycles.